The smallest absolute Gasteiger partial charge is 0.245 e. The molecule has 1 N–H and O–H groups in total. The zero-order valence-electron chi connectivity index (χ0n) is 10.7. The van der Waals surface area contributed by atoms with Crippen LogP contribution in [0.3, 0.4) is 0 Å². The molecule has 5 nitrogen and oxygen atoms in total. The average molecular weight is 326 g/mol. The second-order valence-corrected chi connectivity index (χ2v) is 5.49. The topological polar surface area (TPSA) is 62.3 Å². The first-order valence-corrected chi connectivity index (χ1v) is 7.08. The lowest BCUT2D eigenvalue weighted by molar-refractivity contribution is -0.145. The molecule has 1 aromatic heterocycles. The number of rotatable bonds is 4. The van der Waals surface area contributed by atoms with Crippen molar-refractivity contribution >= 4 is 27.7 Å². The van der Waals surface area contributed by atoms with Crippen molar-refractivity contribution in [2.45, 2.75) is 32.4 Å². The number of piperazine rings is 1. The van der Waals surface area contributed by atoms with Gasteiger partial charge in [0, 0.05) is 10.7 Å². The van der Waals surface area contributed by atoms with Crippen molar-refractivity contribution in [3.63, 3.8) is 0 Å². The molecule has 1 aliphatic heterocycles. The summed E-state index contributed by atoms with van der Waals surface area (Å²) in [5, 5.41) is 2.73. The third kappa shape index (κ3) is 3.53. The molecule has 0 aliphatic carbocycles. The maximum Gasteiger partial charge on any atom is 0.245 e. The van der Waals surface area contributed by atoms with Crippen LogP contribution in [0.5, 0.6) is 0 Å². The van der Waals surface area contributed by atoms with Crippen LogP contribution in [-0.4, -0.2) is 34.3 Å². The summed E-state index contributed by atoms with van der Waals surface area (Å²) in [7, 11) is 0. The van der Waals surface area contributed by atoms with Crippen molar-refractivity contribution in [2.24, 2.45) is 0 Å². The van der Waals surface area contributed by atoms with E-state index < -0.39 is 0 Å². The van der Waals surface area contributed by atoms with E-state index in [2.05, 4.69) is 26.2 Å². The number of hydrogen-bond acceptors (Lipinski definition) is 3. The molecule has 0 radical (unpaired) electrons. The van der Waals surface area contributed by atoms with E-state index in [0.29, 0.717) is 13.0 Å². The third-order valence-electron chi connectivity index (χ3n) is 3.00. The summed E-state index contributed by atoms with van der Waals surface area (Å²) in [5.74, 6) is -0.124. The normalized spacial score (nSPS) is 19.5. The highest BCUT2D eigenvalue weighted by Crippen LogP contribution is 2.13. The summed E-state index contributed by atoms with van der Waals surface area (Å²) in [6, 6.07) is 3.33. The predicted octanol–water partition coefficient (Wildman–Crippen LogP) is 1.47. The van der Waals surface area contributed by atoms with E-state index in [9.17, 15) is 9.59 Å². The molecule has 0 spiro atoms. The van der Waals surface area contributed by atoms with Crippen molar-refractivity contribution in [1.29, 1.82) is 0 Å². The van der Waals surface area contributed by atoms with Crippen LogP contribution in [0.15, 0.2) is 22.8 Å². The molecule has 1 aliphatic rings. The molecule has 1 aromatic rings. The van der Waals surface area contributed by atoms with Crippen molar-refractivity contribution in [3.05, 3.63) is 28.5 Å². The van der Waals surface area contributed by atoms with Gasteiger partial charge in [-0.2, -0.15) is 0 Å². The minimum Gasteiger partial charge on any atom is -0.343 e. The average Bonchev–Trinajstić information content (AvgIpc) is 2.38. The second-order valence-electron chi connectivity index (χ2n) is 4.57. The monoisotopic (exact) mass is 325 g/mol. The maximum atomic E-state index is 12.2. The fraction of sp³-hybridized carbons (Fsp3) is 0.462. The quantitative estimate of drug-likeness (QED) is 0.911. The van der Waals surface area contributed by atoms with Crippen molar-refractivity contribution in [1.82, 2.24) is 15.2 Å². The minimum atomic E-state index is -0.387. The van der Waals surface area contributed by atoms with Gasteiger partial charge in [0.15, 0.2) is 0 Å². The van der Waals surface area contributed by atoms with Gasteiger partial charge in [-0.25, -0.2) is 0 Å². The number of amides is 2. The Morgan fingerprint density at radius 1 is 1.47 bits per heavy atom. The van der Waals surface area contributed by atoms with Gasteiger partial charge in [0.1, 0.15) is 12.6 Å². The molecule has 19 heavy (non-hydrogen) atoms. The minimum absolute atomic E-state index is 0.0221. The van der Waals surface area contributed by atoms with Crippen LogP contribution in [0.2, 0.25) is 0 Å². The first kappa shape index (κ1) is 14.0. The summed E-state index contributed by atoms with van der Waals surface area (Å²) in [4.78, 5) is 29.6. The van der Waals surface area contributed by atoms with Gasteiger partial charge < -0.3 is 10.2 Å². The Balaban J connectivity index is 2.07. The molecule has 2 rings (SSSR count). The van der Waals surface area contributed by atoms with E-state index in [1.165, 1.54) is 0 Å². The standard InChI is InChI=1S/C13H16BrN3O2/c1-2-3-11-13(19)17(8-12(18)16-11)7-10-5-4-9(14)6-15-10/h4-6,11H,2-3,7-8H2,1H3,(H,16,18). The molecule has 1 unspecified atom stereocenters. The van der Waals surface area contributed by atoms with Crippen LogP contribution in [0.25, 0.3) is 0 Å². The molecular formula is C13H16BrN3O2. The molecule has 102 valence electrons. The molecule has 1 atom stereocenters. The number of nitrogens with zero attached hydrogens (tertiary/aromatic N) is 2. The summed E-state index contributed by atoms with van der Waals surface area (Å²) >= 11 is 3.32. The van der Waals surface area contributed by atoms with Gasteiger partial charge in [-0.1, -0.05) is 13.3 Å². The van der Waals surface area contributed by atoms with Crippen molar-refractivity contribution in [3.8, 4) is 0 Å². The van der Waals surface area contributed by atoms with Gasteiger partial charge in [0.05, 0.1) is 12.2 Å². The lowest BCUT2D eigenvalue weighted by atomic mass is 10.1. The van der Waals surface area contributed by atoms with Gasteiger partial charge in [0.25, 0.3) is 0 Å². The van der Waals surface area contributed by atoms with Gasteiger partial charge in [0.2, 0.25) is 11.8 Å². The summed E-state index contributed by atoms with van der Waals surface area (Å²) in [6.07, 6.45) is 3.23. The Morgan fingerprint density at radius 3 is 2.89 bits per heavy atom. The number of aromatic nitrogens is 1. The number of carbonyl (C=O) groups is 2. The van der Waals surface area contributed by atoms with Gasteiger partial charge in [-0.05, 0) is 34.5 Å². The lowest BCUT2D eigenvalue weighted by Crippen LogP contribution is -2.57. The van der Waals surface area contributed by atoms with E-state index in [-0.39, 0.29) is 24.4 Å². The number of carbonyl (C=O) groups excluding carboxylic acids is 2. The molecular weight excluding hydrogens is 310 g/mol. The van der Waals surface area contributed by atoms with E-state index in [1.54, 1.807) is 11.1 Å². The van der Waals surface area contributed by atoms with E-state index in [1.807, 2.05) is 19.1 Å². The highest BCUT2D eigenvalue weighted by molar-refractivity contribution is 9.10. The Labute approximate surface area is 120 Å². The van der Waals surface area contributed by atoms with E-state index in [0.717, 1.165) is 16.6 Å². The Bertz CT molecular complexity index is 475. The molecule has 6 heteroatoms. The van der Waals surface area contributed by atoms with Crippen molar-refractivity contribution in [2.75, 3.05) is 6.54 Å². The first-order valence-electron chi connectivity index (χ1n) is 6.28. The lowest BCUT2D eigenvalue weighted by Gasteiger charge is -2.32. The molecule has 0 bridgehead atoms. The maximum absolute atomic E-state index is 12.2. The van der Waals surface area contributed by atoms with Gasteiger partial charge >= 0.3 is 0 Å². The highest BCUT2D eigenvalue weighted by atomic mass is 79.9. The summed E-state index contributed by atoms with van der Waals surface area (Å²) < 4.78 is 0.892. The summed E-state index contributed by atoms with van der Waals surface area (Å²) in [6.45, 7) is 2.48. The fourth-order valence-corrected chi connectivity index (χ4v) is 2.32. The van der Waals surface area contributed by atoms with Crippen LogP contribution in [-0.2, 0) is 16.1 Å². The molecule has 0 saturated carbocycles. The van der Waals surface area contributed by atoms with E-state index in [4.69, 9.17) is 0 Å². The Kier molecular flexibility index (Phi) is 4.52. The van der Waals surface area contributed by atoms with E-state index >= 15 is 0 Å². The SMILES string of the molecule is CCCC1NC(=O)CN(Cc2ccc(Br)cn2)C1=O. The molecule has 2 amide bonds. The number of halogens is 1. The molecule has 0 aromatic carbocycles. The molecule has 1 saturated heterocycles. The van der Waals surface area contributed by atoms with Crippen LogP contribution < -0.4 is 5.32 Å². The third-order valence-corrected chi connectivity index (χ3v) is 3.47. The van der Waals surface area contributed by atoms with Crippen LogP contribution in [0, 0.1) is 0 Å². The van der Waals surface area contributed by atoms with Crippen LogP contribution in [0.4, 0.5) is 0 Å². The highest BCUT2D eigenvalue weighted by Gasteiger charge is 2.31. The zero-order chi connectivity index (χ0) is 13.8. The molecule has 1 fully saturated rings. The van der Waals surface area contributed by atoms with Crippen LogP contribution >= 0.6 is 15.9 Å². The van der Waals surface area contributed by atoms with Crippen molar-refractivity contribution < 1.29 is 9.59 Å². The second kappa shape index (κ2) is 6.14. The number of hydrogen-bond donors (Lipinski definition) is 1. The van der Waals surface area contributed by atoms with Gasteiger partial charge in [-0.15, -0.1) is 0 Å². The Morgan fingerprint density at radius 2 is 2.26 bits per heavy atom. The summed E-state index contributed by atoms with van der Waals surface area (Å²) in [5.41, 5.74) is 0.779. The van der Waals surface area contributed by atoms with Gasteiger partial charge in [-0.3, -0.25) is 14.6 Å². The Hall–Kier alpha value is -1.43. The predicted molar refractivity (Wildman–Crippen MR) is 74.2 cm³/mol. The number of pyridine rings is 1. The van der Waals surface area contributed by atoms with Crippen LogP contribution in [0.1, 0.15) is 25.5 Å². The largest absolute Gasteiger partial charge is 0.343 e. The number of nitrogens with one attached hydrogen (secondary N) is 1. The zero-order valence-corrected chi connectivity index (χ0v) is 12.3. The molecule has 2 heterocycles. The first-order chi connectivity index (χ1) is 9.10. The fourth-order valence-electron chi connectivity index (χ4n) is 2.09.